The van der Waals surface area contributed by atoms with E-state index in [1.165, 1.54) is 29.5 Å². The SMILES string of the molecule is C#CCN(c1nc(-c2cc(C)c(OC)cc2Cl)c(C)s1)C(CC1CC1)c1ccc(C)c(C)c1. The third-order valence-corrected chi connectivity index (χ3v) is 7.90. The summed E-state index contributed by atoms with van der Waals surface area (Å²) in [5.74, 6) is 4.43. The Morgan fingerprint density at radius 1 is 1.15 bits per heavy atom. The first-order chi connectivity index (χ1) is 15.8. The second-order valence-electron chi connectivity index (χ2n) is 9.07. The molecule has 33 heavy (non-hydrogen) atoms. The van der Waals surface area contributed by atoms with Crippen LogP contribution in [0.25, 0.3) is 11.3 Å². The van der Waals surface area contributed by atoms with Crippen molar-refractivity contribution in [3.63, 3.8) is 0 Å². The summed E-state index contributed by atoms with van der Waals surface area (Å²) in [5.41, 5.74) is 6.81. The van der Waals surface area contributed by atoms with Gasteiger partial charge in [0.2, 0.25) is 0 Å². The lowest BCUT2D eigenvalue weighted by Crippen LogP contribution is -2.29. The van der Waals surface area contributed by atoms with Crippen LogP contribution in [0.2, 0.25) is 5.02 Å². The number of anilines is 1. The molecule has 1 heterocycles. The van der Waals surface area contributed by atoms with Crippen LogP contribution in [0, 0.1) is 46.0 Å². The molecular weight excluding hydrogens is 448 g/mol. The van der Waals surface area contributed by atoms with Crippen molar-refractivity contribution in [1.29, 1.82) is 0 Å². The van der Waals surface area contributed by atoms with Gasteiger partial charge in [-0.15, -0.1) is 17.8 Å². The molecule has 0 bridgehead atoms. The number of aryl methyl sites for hydroxylation is 4. The minimum Gasteiger partial charge on any atom is -0.496 e. The molecule has 0 aliphatic heterocycles. The fourth-order valence-electron chi connectivity index (χ4n) is 4.31. The molecule has 1 aromatic heterocycles. The molecule has 0 saturated heterocycles. The molecule has 1 aliphatic rings. The number of hydrogen-bond donors (Lipinski definition) is 0. The van der Waals surface area contributed by atoms with Crippen LogP contribution in [0.15, 0.2) is 30.3 Å². The van der Waals surface area contributed by atoms with E-state index in [1.54, 1.807) is 18.4 Å². The van der Waals surface area contributed by atoms with Crippen molar-refractivity contribution in [3.05, 3.63) is 62.5 Å². The maximum atomic E-state index is 6.64. The highest BCUT2D eigenvalue weighted by Crippen LogP contribution is 2.44. The summed E-state index contributed by atoms with van der Waals surface area (Å²) in [6, 6.07) is 10.9. The number of thiazole rings is 1. The minimum absolute atomic E-state index is 0.208. The topological polar surface area (TPSA) is 25.4 Å². The number of halogens is 1. The molecule has 1 atom stereocenters. The van der Waals surface area contributed by atoms with Crippen LogP contribution < -0.4 is 9.64 Å². The molecular formula is C28H31ClN2OS. The van der Waals surface area contributed by atoms with Gasteiger partial charge in [-0.1, -0.05) is 48.6 Å². The lowest BCUT2D eigenvalue weighted by atomic mass is 9.96. The van der Waals surface area contributed by atoms with Gasteiger partial charge >= 0.3 is 0 Å². The number of aromatic nitrogens is 1. The Labute approximate surface area is 206 Å². The maximum absolute atomic E-state index is 6.64. The molecule has 172 valence electrons. The van der Waals surface area contributed by atoms with Gasteiger partial charge in [-0.05, 0) is 74.4 Å². The van der Waals surface area contributed by atoms with Crippen LogP contribution >= 0.6 is 22.9 Å². The highest BCUT2D eigenvalue weighted by atomic mass is 35.5. The molecule has 5 heteroatoms. The summed E-state index contributed by atoms with van der Waals surface area (Å²) in [6.07, 6.45) is 9.56. The second-order valence-corrected chi connectivity index (χ2v) is 10.7. The number of hydrogen-bond acceptors (Lipinski definition) is 4. The van der Waals surface area contributed by atoms with Crippen LogP contribution in [-0.2, 0) is 0 Å². The monoisotopic (exact) mass is 478 g/mol. The Morgan fingerprint density at radius 2 is 1.91 bits per heavy atom. The van der Waals surface area contributed by atoms with E-state index in [0.717, 1.165) is 44.9 Å². The van der Waals surface area contributed by atoms with E-state index in [9.17, 15) is 0 Å². The molecule has 1 fully saturated rings. The van der Waals surface area contributed by atoms with Gasteiger partial charge in [-0.3, -0.25) is 0 Å². The largest absolute Gasteiger partial charge is 0.496 e. The Kier molecular flexibility index (Phi) is 7.02. The zero-order chi connectivity index (χ0) is 23.7. The van der Waals surface area contributed by atoms with Gasteiger partial charge in [0.05, 0.1) is 30.4 Å². The molecule has 1 saturated carbocycles. The molecule has 2 aromatic carbocycles. The van der Waals surface area contributed by atoms with Crippen molar-refractivity contribution in [3.8, 4) is 29.4 Å². The third kappa shape index (κ3) is 5.05. The van der Waals surface area contributed by atoms with Crippen LogP contribution in [0.1, 0.15) is 52.4 Å². The van der Waals surface area contributed by atoms with Gasteiger partial charge < -0.3 is 9.64 Å². The summed E-state index contributed by atoms with van der Waals surface area (Å²) in [4.78, 5) is 8.54. The molecule has 0 radical (unpaired) electrons. The van der Waals surface area contributed by atoms with E-state index in [1.807, 2.05) is 13.0 Å². The summed E-state index contributed by atoms with van der Waals surface area (Å²) in [7, 11) is 1.66. The summed E-state index contributed by atoms with van der Waals surface area (Å²) < 4.78 is 5.43. The van der Waals surface area contributed by atoms with Gasteiger partial charge in [0.25, 0.3) is 0 Å². The van der Waals surface area contributed by atoms with Crippen molar-refractivity contribution >= 4 is 28.1 Å². The van der Waals surface area contributed by atoms with Gasteiger partial charge in [0.15, 0.2) is 5.13 Å². The van der Waals surface area contributed by atoms with E-state index >= 15 is 0 Å². The summed E-state index contributed by atoms with van der Waals surface area (Å²) in [6.45, 7) is 8.99. The Balaban J connectivity index is 1.76. The Morgan fingerprint density at radius 3 is 2.55 bits per heavy atom. The number of terminal acetylenes is 1. The van der Waals surface area contributed by atoms with Crippen LogP contribution in [0.4, 0.5) is 5.13 Å². The normalized spacial score (nSPS) is 14.1. The Bertz CT molecular complexity index is 1210. The van der Waals surface area contributed by atoms with Crippen molar-refractivity contribution in [2.24, 2.45) is 5.92 Å². The summed E-state index contributed by atoms with van der Waals surface area (Å²) >= 11 is 8.33. The molecule has 0 spiro atoms. The third-order valence-electron chi connectivity index (χ3n) is 6.58. The highest BCUT2D eigenvalue weighted by Gasteiger charge is 2.31. The van der Waals surface area contributed by atoms with Gasteiger partial charge in [0.1, 0.15) is 5.75 Å². The molecule has 0 N–H and O–H groups in total. The van der Waals surface area contributed by atoms with E-state index in [0.29, 0.717) is 11.6 Å². The molecule has 0 amide bonds. The first kappa shape index (κ1) is 23.7. The van der Waals surface area contributed by atoms with Gasteiger partial charge in [-0.25, -0.2) is 4.98 Å². The van der Waals surface area contributed by atoms with Gasteiger partial charge in [-0.2, -0.15) is 0 Å². The highest BCUT2D eigenvalue weighted by molar-refractivity contribution is 7.16. The zero-order valence-electron chi connectivity index (χ0n) is 20.0. The van der Waals surface area contributed by atoms with Crippen LogP contribution in [-0.4, -0.2) is 18.6 Å². The average Bonchev–Trinajstić information content (AvgIpc) is 3.53. The predicted octanol–water partition coefficient (Wildman–Crippen LogP) is 7.69. The Hall–Kier alpha value is -2.48. The van der Waals surface area contributed by atoms with Crippen LogP contribution in [0.3, 0.4) is 0 Å². The van der Waals surface area contributed by atoms with Crippen molar-refractivity contribution in [1.82, 2.24) is 4.98 Å². The number of methoxy groups -OCH3 is 1. The molecule has 3 aromatic rings. The second kappa shape index (κ2) is 9.79. The van der Waals surface area contributed by atoms with Gasteiger partial charge in [0, 0.05) is 10.4 Å². The molecule has 1 aliphatic carbocycles. The number of rotatable bonds is 8. The van der Waals surface area contributed by atoms with Crippen LogP contribution in [0.5, 0.6) is 5.75 Å². The first-order valence-electron chi connectivity index (χ1n) is 11.4. The van der Waals surface area contributed by atoms with E-state index in [2.05, 4.69) is 55.9 Å². The first-order valence-corrected chi connectivity index (χ1v) is 12.6. The maximum Gasteiger partial charge on any atom is 0.187 e. The van der Waals surface area contributed by atoms with E-state index < -0.39 is 0 Å². The zero-order valence-corrected chi connectivity index (χ0v) is 21.6. The average molecular weight is 479 g/mol. The predicted molar refractivity (Wildman–Crippen MR) is 141 cm³/mol. The standard InChI is InChI=1S/C28H31ClN2OS/c1-7-12-31(25(15-21-9-10-21)22-11-8-17(2)18(3)13-22)28-30-27(20(5)33-28)23-14-19(4)26(32-6)16-24(23)29/h1,8,11,13-14,16,21,25H,9-10,12,15H2,2-6H3. The van der Waals surface area contributed by atoms with E-state index in [4.69, 9.17) is 27.7 Å². The van der Waals surface area contributed by atoms with Crippen molar-refractivity contribution in [2.75, 3.05) is 18.6 Å². The van der Waals surface area contributed by atoms with Crippen molar-refractivity contribution < 1.29 is 4.74 Å². The number of benzene rings is 2. The molecule has 4 rings (SSSR count). The number of nitrogens with zero attached hydrogens (tertiary/aromatic N) is 2. The smallest absolute Gasteiger partial charge is 0.187 e. The van der Waals surface area contributed by atoms with Crippen molar-refractivity contribution in [2.45, 2.75) is 53.0 Å². The van der Waals surface area contributed by atoms with E-state index in [-0.39, 0.29) is 6.04 Å². The quantitative estimate of drug-likeness (QED) is 0.310. The molecule has 3 nitrogen and oxygen atoms in total. The lowest BCUT2D eigenvalue weighted by molar-refractivity contribution is 0.412. The minimum atomic E-state index is 0.208. The lowest BCUT2D eigenvalue weighted by Gasteiger charge is -2.31. The number of ether oxygens (including phenoxy) is 1. The summed E-state index contributed by atoms with van der Waals surface area (Å²) in [5, 5.41) is 1.60. The fourth-order valence-corrected chi connectivity index (χ4v) is 5.53. The fraction of sp³-hybridized carbons (Fsp3) is 0.393. The molecule has 1 unspecified atom stereocenters.